The molecule has 5 heteroatoms. The largest absolute Gasteiger partial charge is 0.329 e. The second kappa shape index (κ2) is 4.59. The number of halogens is 1. The van der Waals surface area contributed by atoms with E-state index in [9.17, 15) is 0 Å². The van der Waals surface area contributed by atoms with Crippen molar-refractivity contribution >= 4 is 39.1 Å². The van der Waals surface area contributed by atoms with Crippen LogP contribution in [-0.4, -0.2) is 15.0 Å². The topological polar surface area (TPSA) is 41.6 Å². The van der Waals surface area contributed by atoms with E-state index >= 15 is 0 Å². The van der Waals surface area contributed by atoms with E-state index in [-0.39, 0.29) is 0 Å². The van der Waals surface area contributed by atoms with Gasteiger partial charge in [-0.3, -0.25) is 0 Å². The highest BCUT2D eigenvalue weighted by Gasteiger charge is 2.03. The molecular formula is C13H8BrN3S. The lowest BCUT2D eigenvalue weighted by atomic mass is 10.2. The van der Waals surface area contributed by atoms with Crippen molar-refractivity contribution in [2.45, 2.75) is 0 Å². The van der Waals surface area contributed by atoms with Gasteiger partial charge in [0.2, 0.25) is 0 Å². The van der Waals surface area contributed by atoms with E-state index in [2.05, 4.69) is 30.9 Å². The van der Waals surface area contributed by atoms with E-state index in [1.807, 2.05) is 36.4 Å². The van der Waals surface area contributed by atoms with Gasteiger partial charge in [-0.05, 0) is 28.1 Å². The molecule has 0 spiro atoms. The molecule has 3 rings (SSSR count). The summed E-state index contributed by atoms with van der Waals surface area (Å²) in [6.45, 7) is 0. The number of para-hydroxylation sites is 1. The van der Waals surface area contributed by atoms with Crippen LogP contribution in [0.2, 0.25) is 0 Å². The summed E-state index contributed by atoms with van der Waals surface area (Å²) in [7, 11) is 0. The standard InChI is InChI=1S/C13H8BrN3S/c14-9-7-15-12(17-13(9)18)11-6-5-8-3-1-2-4-10(8)16-11/h1-7H,(H,15,17,18). The average molecular weight is 318 g/mol. The number of aromatic nitrogens is 3. The summed E-state index contributed by atoms with van der Waals surface area (Å²) in [5, 5.41) is 1.11. The van der Waals surface area contributed by atoms with Crippen molar-refractivity contribution in [1.82, 2.24) is 15.0 Å². The molecule has 0 amide bonds. The molecule has 0 unspecified atom stereocenters. The molecule has 3 nitrogen and oxygen atoms in total. The number of aromatic amines is 1. The van der Waals surface area contributed by atoms with Crippen molar-refractivity contribution in [3.63, 3.8) is 0 Å². The van der Waals surface area contributed by atoms with Gasteiger partial charge in [-0.1, -0.05) is 36.5 Å². The minimum atomic E-state index is 0.620. The summed E-state index contributed by atoms with van der Waals surface area (Å²) in [5.74, 6) is 0.675. The third kappa shape index (κ3) is 2.07. The van der Waals surface area contributed by atoms with Gasteiger partial charge < -0.3 is 4.98 Å². The first kappa shape index (κ1) is 11.5. The molecule has 0 saturated carbocycles. The summed E-state index contributed by atoms with van der Waals surface area (Å²) in [6, 6.07) is 11.9. The van der Waals surface area contributed by atoms with Crippen molar-refractivity contribution in [3.8, 4) is 11.5 Å². The minimum Gasteiger partial charge on any atom is -0.329 e. The Balaban J connectivity index is 2.19. The molecule has 88 valence electrons. The molecule has 0 bridgehead atoms. The maximum absolute atomic E-state index is 5.17. The minimum absolute atomic E-state index is 0.620. The van der Waals surface area contributed by atoms with Crippen molar-refractivity contribution in [3.05, 3.63) is 51.7 Å². The molecule has 3 aromatic rings. The summed E-state index contributed by atoms with van der Waals surface area (Å²) >= 11 is 8.49. The van der Waals surface area contributed by atoms with Gasteiger partial charge in [-0.25, -0.2) is 9.97 Å². The van der Waals surface area contributed by atoms with Crippen LogP contribution in [0.1, 0.15) is 0 Å². The van der Waals surface area contributed by atoms with Crippen molar-refractivity contribution in [2.24, 2.45) is 0 Å². The van der Waals surface area contributed by atoms with Crippen LogP contribution < -0.4 is 0 Å². The highest BCUT2D eigenvalue weighted by molar-refractivity contribution is 9.10. The number of hydrogen-bond donors (Lipinski definition) is 1. The predicted octanol–water partition coefficient (Wildman–Crippen LogP) is 4.12. The van der Waals surface area contributed by atoms with Gasteiger partial charge in [0.25, 0.3) is 0 Å². The molecule has 0 aliphatic carbocycles. The highest BCUT2D eigenvalue weighted by Crippen LogP contribution is 2.19. The number of nitrogens with zero attached hydrogens (tertiary/aromatic N) is 2. The van der Waals surface area contributed by atoms with Gasteiger partial charge in [0.15, 0.2) is 5.82 Å². The zero-order chi connectivity index (χ0) is 12.5. The number of H-pyrrole nitrogens is 1. The van der Waals surface area contributed by atoms with E-state index < -0.39 is 0 Å². The Morgan fingerprint density at radius 2 is 1.94 bits per heavy atom. The Hall–Kier alpha value is -1.59. The second-order valence-electron chi connectivity index (χ2n) is 3.80. The lowest BCUT2D eigenvalue weighted by Gasteiger charge is -2.03. The fourth-order valence-electron chi connectivity index (χ4n) is 1.71. The molecular weight excluding hydrogens is 310 g/mol. The van der Waals surface area contributed by atoms with E-state index in [0.717, 1.165) is 21.1 Å². The van der Waals surface area contributed by atoms with Gasteiger partial charge in [0, 0.05) is 11.6 Å². The highest BCUT2D eigenvalue weighted by atomic mass is 79.9. The van der Waals surface area contributed by atoms with Crippen LogP contribution in [0.3, 0.4) is 0 Å². The SMILES string of the molecule is S=c1[nH]c(-c2ccc3ccccc3n2)ncc1Br. The predicted molar refractivity (Wildman–Crippen MR) is 77.9 cm³/mol. The third-order valence-electron chi connectivity index (χ3n) is 2.60. The smallest absolute Gasteiger partial charge is 0.157 e. The van der Waals surface area contributed by atoms with Crippen LogP contribution >= 0.6 is 28.1 Å². The van der Waals surface area contributed by atoms with Gasteiger partial charge in [0.05, 0.1) is 9.99 Å². The van der Waals surface area contributed by atoms with Crippen LogP contribution in [0.15, 0.2) is 47.1 Å². The van der Waals surface area contributed by atoms with Crippen LogP contribution in [0.5, 0.6) is 0 Å². The van der Waals surface area contributed by atoms with Crippen molar-refractivity contribution < 1.29 is 0 Å². The van der Waals surface area contributed by atoms with E-state index in [4.69, 9.17) is 12.2 Å². The summed E-state index contributed by atoms with van der Waals surface area (Å²) in [6.07, 6.45) is 1.69. The molecule has 0 aliphatic rings. The van der Waals surface area contributed by atoms with Crippen LogP contribution in [0.25, 0.3) is 22.4 Å². The Kier molecular flexibility index (Phi) is 2.93. The van der Waals surface area contributed by atoms with Crippen LogP contribution in [0, 0.1) is 4.64 Å². The van der Waals surface area contributed by atoms with E-state index in [0.29, 0.717) is 10.5 Å². The third-order valence-corrected chi connectivity index (χ3v) is 3.78. The van der Waals surface area contributed by atoms with E-state index in [1.54, 1.807) is 6.20 Å². The Morgan fingerprint density at radius 1 is 1.11 bits per heavy atom. The van der Waals surface area contributed by atoms with Crippen molar-refractivity contribution in [1.29, 1.82) is 0 Å². The normalized spacial score (nSPS) is 10.7. The molecule has 0 saturated heterocycles. The second-order valence-corrected chi connectivity index (χ2v) is 5.06. The summed E-state index contributed by atoms with van der Waals surface area (Å²) in [4.78, 5) is 11.9. The first-order valence-electron chi connectivity index (χ1n) is 5.35. The number of hydrogen-bond acceptors (Lipinski definition) is 3. The molecule has 0 radical (unpaired) electrons. The monoisotopic (exact) mass is 317 g/mol. The maximum Gasteiger partial charge on any atom is 0.157 e. The van der Waals surface area contributed by atoms with Gasteiger partial charge in [-0.15, -0.1) is 0 Å². The Bertz CT molecular complexity index is 782. The molecule has 2 heterocycles. The number of nitrogens with one attached hydrogen (secondary N) is 1. The van der Waals surface area contributed by atoms with Gasteiger partial charge in [0.1, 0.15) is 10.3 Å². The zero-order valence-corrected chi connectivity index (χ0v) is 11.6. The molecule has 1 N–H and O–H groups in total. The fraction of sp³-hybridized carbons (Fsp3) is 0. The van der Waals surface area contributed by atoms with Gasteiger partial charge >= 0.3 is 0 Å². The molecule has 0 atom stereocenters. The number of pyridine rings is 1. The number of benzene rings is 1. The molecule has 0 fully saturated rings. The van der Waals surface area contributed by atoms with Gasteiger partial charge in [-0.2, -0.15) is 0 Å². The average Bonchev–Trinajstić information content (AvgIpc) is 2.41. The van der Waals surface area contributed by atoms with Crippen LogP contribution in [0.4, 0.5) is 0 Å². The Labute approximate surface area is 117 Å². The summed E-state index contributed by atoms with van der Waals surface area (Å²) < 4.78 is 1.40. The molecule has 2 aromatic heterocycles. The number of rotatable bonds is 1. The Morgan fingerprint density at radius 3 is 2.78 bits per heavy atom. The lowest BCUT2D eigenvalue weighted by Crippen LogP contribution is -1.92. The molecule has 18 heavy (non-hydrogen) atoms. The zero-order valence-electron chi connectivity index (χ0n) is 9.22. The number of fused-ring (bicyclic) bond motifs is 1. The molecule has 1 aromatic carbocycles. The summed E-state index contributed by atoms with van der Waals surface area (Å²) in [5.41, 5.74) is 1.73. The van der Waals surface area contributed by atoms with E-state index in [1.165, 1.54) is 0 Å². The first-order valence-corrected chi connectivity index (χ1v) is 6.55. The van der Waals surface area contributed by atoms with Crippen molar-refractivity contribution in [2.75, 3.05) is 0 Å². The van der Waals surface area contributed by atoms with Crippen LogP contribution in [-0.2, 0) is 0 Å². The maximum atomic E-state index is 5.17. The fourth-order valence-corrected chi connectivity index (χ4v) is 2.06. The molecule has 0 aliphatic heterocycles. The first-order chi connectivity index (χ1) is 8.74. The quantitative estimate of drug-likeness (QED) is 0.686. The lowest BCUT2D eigenvalue weighted by molar-refractivity contribution is 1.12.